The summed E-state index contributed by atoms with van der Waals surface area (Å²) >= 11 is 0. The Balaban J connectivity index is 1.80. The minimum Gasteiger partial charge on any atom is -0.378 e. The van der Waals surface area contributed by atoms with E-state index in [1.165, 1.54) is 38.8 Å². The summed E-state index contributed by atoms with van der Waals surface area (Å²) in [6.07, 6.45) is 5.56. The van der Waals surface area contributed by atoms with Crippen LogP contribution in [0.15, 0.2) is 0 Å². The third-order valence-corrected chi connectivity index (χ3v) is 4.72. The van der Waals surface area contributed by atoms with Gasteiger partial charge in [0.05, 0.1) is 6.10 Å². The van der Waals surface area contributed by atoms with E-state index in [0.29, 0.717) is 6.10 Å². The molecule has 4 atom stereocenters. The molecule has 0 radical (unpaired) electrons. The minimum absolute atomic E-state index is 0.517. The van der Waals surface area contributed by atoms with Crippen LogP contribution in [-0.2, 0) is 4.74 Å². The Morgan fingerprint density at radius 3 is 2.78 bits per heavy atom. The standard InChI is InChI=1S/C15H30N2O/c1-4-15-13(7-9-18-15)11-17-8-6-14(16-5-2)10-12(17)3/h12-16H,4-11H2,1-3H3. The highest BCUT2D eigenvalue weighted by molar-refractivity contribution is 4.86. The molecule has 106 valence electrons. The van der Waals surface area contributed by atoms with Crippen molar-refractivity contribution < 1.29 is 4.74 Å². The van der Waals surface area contributed by atoms with Crippen molar-refractivity contribution in [3.63, 3.8) is 0 Å². The zero-order valence-electron chi connectivity index (χ0n) is 12.3. The first kappa shape index (κ1) is 14.3. The Morgan fingerprint density at radius 1 is 1.28 bits per heavy atom. The molecule has 0 spiro atoms. The fourth-order valence-electron chi connectivity index (χ4n) is 3.62. The highest BCUT2D eigenvalue weighted by Gasteiger charge is 2.32. The normalized spacial score (nSPS) is 38.2. The fraction of sp³-hybridized carbons (Fsp3) is 1.00. The smallest absolute Gasteiger partial charge is 0.0613 e. The molecule has 0 aromatic heterocycles. The van der Waals surface area contributed by atoms with E-state index in [2.05, 4.69) is 31.0 Å². The van der Waals surface area contributed by atoms with Gasteiger partial charge in [0.15, 0.2) is 0 Å². The Kier molecular flexibility index (Phi) is 5.46. The van der Waals surface area contributed by atoms with Crippen molar-refractivity contribution >= 4 is 0 Å². The summed E-state index contributed by atoms with van der Waals surface area (Å²) in [5.41, 5.74) is 0. The van der Waals surface area contributed by atoms with Gasteiger partial charge in [-0.25, -0.2) is 0 Å². The maximum absolute atomic E-state index is 5.81. The average Bonchev–Trinajstić information content (AvgIpc) is 2.80. The maximum Gasteiger partial charge on any atom is 0.0613 e. The predicted molar refractivity (Wildman–Crippen MR) is 75.9 cm³/mol. The molecular formula is C15H30N2O. The first-order valence-electron chi connectivity index (χ1n) is 7.83. The molecule has 2 rings (SSSR count). The molecule has 4 unspecified atom stereocenters. The molecule has 3 heteroatoms. The summed E-state index contributed by atoms with van der Waals surface area (Å²) in [6.45, 7) is 11.4. The van der Waals surface area contributed by atoms with E-state index >= 15 is 0 Å². The third kappa shape index (κ3) is 3.46. The number of ether oxygens (including phenoxy) is 1. The summed E-state index contributed by atoms with van der Waals surface area (Å²) in [4.78, 5) is 2.69. The van der Waals surface area contributed by atoms with E-state index in [1.54, 1.807) is 0 Å². The minimum atomic E-state index is 0.517. The largest absolute Gasteiger partial charge is 0.378 e. The van der Waals surface area contributed by atoms with Gasteiger partial charge in [0.25, 0.3) is 0 Å². The van der Waals surface area contributed by atoms with Crippen LogP contribution in [-0.4, -0.2) is 49.3 Å². The van der Waals surface area contributed by atoms with Gasteiger partial charge in [-0.15, -0.1) is 0 Å². The van der Waals surface area contributed by atoms with Crippen LogP contribution in [0.3, 0.4) is 0 Å². The molecular weight excluding hydrogens is 224 g/mol. The second-order valence-corrected chi connectivity index (χ2v) is 5.99. The van der Waals surface area contributed by atoms with Gasteiger partial charge in [-0.2, -0.15) is 0 Å². The zero-order chi connectivity index (χ0) is 13.0. The highest BCUT2D eigenvalue weighted by Crippen LogP contribution is 2.27. The summed E-state index contributed by atoms with van der Waals surface area (Å²) in [5, 5.41) is 3.60. The number of piperidine rings is 1. The Hall–Kier alpha value is -0.120. The van der Waals surface area contributed by atoms with E-state index in [4.69, 9.17) is 4.74 Å². The topological polar surface area (TPSA) is 24.5 Å². The van der Waals surface area contributed by atoms with Crippen molar-refractivity contribution in [1.82, 2.24) is 10.2 Å². The van der Waals surface area contributed by atoms with E-state index < -0.39 is 0 Å². The lowest BCUT2D eigenvalue weighted by Crippen LogP contribution is -2.49. The quantitative estimate of drug-likeness (QED) is 0.814. The lowest BCUT2D eigenvalue weighted by molar-refractivity contribution is 0.0583. The van der Waals surface area contributed by atoms with Crippen LogP contribution in [0.5, 0.6) is 0 Å². The second kappa shape index (κ2) is 6.88. The van der Waals surface area contributed by atoms with E-state index in [-0.39, 0.29) is 0 Å². The van der Waals surface area contributed by atoms with Crippen molar-refractivity contribution in [2.75, 3.05) is 26.2 Å². The van der Waals surface area contributed by atoms with Gasteiger partial charge in [0.1, 0.15) is 0 Å². The van der Waals surface area contributed by atoms with Crippen LogP contribution in [0.4, 0.5) is 0 Å². The maximum atomic E-state index is 5.81. The van der Waals surface area contributed by atoms with E-state index in [1.807, 2.05) is 0 Å². The van der Waals surface area contributed by atoms with Crippen molar-refractivity contribution in [2.24, 2.45) is 5.92 Å². The Labute approximate surface area is 112 Å². The van der Waals surface area contributed by atoms with Crippen molar-refractivity contribution in [2.45, 2.75) is 64.6 Å². The molecule has 0 bridgehead atoms. The van der Waals surface area contributed by atoms with Crippen molar-refractivity contribution in [3.8, 4) is 0 Å². The molecule has 0 aromatic rings. The number of hydrogen-bond donors (Lipinski definition) is 1. The first-order valence-corrected chi connectivity index (χ1v) is 7.83. The molecule has 2 heterocycles. The molecule has 2 aliphatic heterocycles. The average molecular weight is 254 g/mol. The van der Waals surface area contributed by atoms with Crippen LogP contribution < -0.4 is 5.32 Å². The molecule has 0 amide bonds. The van der Waals surface area contributed by atoms with Crippen molar-refractivity contribution in [1.29, 1.82) is 0 Å². The Morgan fingerprint density at radius 2 is 2.11 bits per heavy atom. The molecule has 0 aromatic carbocycles. The molecule has 2 saturated heterocycles. The van der Waals surface area contributed by atoms with Crippen LogP contribution in [0, 0.1) is 5.92 Å². The number of hydrogen-bond acceptors (Lipinski definition) is 3. The highest BCUT2D eigenvalue weighted by atomic mass is 16.5. The Bertz CT molecular complexity index is 247. The number of likely N-dealkylation sites (tertiary alicyclic amines) is 1. The third-order valence-electron chi connectivity index (χ3n) is 4.72. The molecule has 3 nitrogen and oxygen atoms in total. The van der Waals surface area contributed by atoms with Gasteiger partial charge < -0.3 is 15.0 Å². The van der Waals surface area contributed by atoms with Gasteiger partial charge >= 0.3 is 0 Å². The predicted octanol–water partition coefficient (Wildman–Crippen LogP) is 2.26. The van der Waals surface area contributed by atoms with Gasteiger partial charge in [0.2, 0.25) is 0 Å². The number of nitrogens with one attached hydrogen (secondary N) is 1. The van der Waals surface area contributed by atoms with Gasteiger partial charge in [-0.1, -0.05) is 13.8 Å². The molecule has 1 N–H and O–H groups in total. The monoisotopic (exact) mass is 254 g/mol. The number of rotatable bonds is 5. The van der Waals surface area contributed by atoms with E-state index in [0.717, 1.165) is 31.2 Å². The van der Waals surface area contributed by atoms with Crippen LogP contribution >= 0.6 is 0 Å². The molecule has 2 fully saturated rings. The zero-order valence-corrected chi connectivity index (χ0v) is 12.3. The summed E-state index contributed by atoms with van der Waals surface area (Å²) < 4.78 is 5.81. The van der Waals surface area contributed by atoms with Gasteiger partial charge in [-0.3, -0.25) is 0 Å². The van der Waals surface area contributed by atoms with Crippen LogP contribution in [0.25, 0.3) is 0 Å². The van der Waals surface area contributed by atoms with Gasteiger partial charge in [0, 0.05) is 25.2 Å². The molecule has 2 aliphatic rings. The molecule has 0 aliphatic carbocycles. The fourth-order valence-corrected chi connectivity index (χ4v) is 3.62. The number of nitrogens with zero attached hydrogens (tertiary/aromatic N) is 1. The SMILES string of the molecule is CCNC1CCN(CC2CCOC2CC)C(C)C1. The van der Waals surface area contributed by atoms with Crippen LogP contribution in [0.2, 0.25) is 0 Å². The van der Waals surface area contributed by atoms with Gasteiger partial charge in [-0.05, 0) is 51.6 Å². The van der Waals surface area contributed by atoms with Crippen LogP contribution in [0.1, 0.15) is 46.5 Å². The second-order valence-electron chi connectivity index (χ2n) is 5.99. The summed E-state index contributed by atoms with van der Waals surface area (Å²) in [7, 11) is 0. The lowest BCUT2D eigenvalue weighted by Gasteiger charge is -2.39. The summed E-state index contributed by atoms with van der Waals surface area (Å²) in [5.74, 6) is 0.771. The molecule has 18 heavy (non-hydrogen) atoms. The van der Waals surface area contributed by atoms with Crippen molar-refractivity contribution in [3.05, 3.63) is 0 Å². The van der Waals surface area contributed by atoms with E-state index in [9.17, 15) is 0 Å². The molecule has 0 saturated carbocycles. The first-order chi connectivity index (χ1) is 8.74. The summed E-state index contributed by atoms with van der Waals surface area (Å²) in [6, 6.07) is 1.46. The lowest BCUT2D eigenvalue weighted by atomic mass is 9.93.